The fourth-order valence-corrected chi connectivity index (χ4v) is 6.87. The van der Waals surface area contributed by atoms with Crippen molar-refractivity contribution in [3.8, 4) is 27.3 Å². The second kappa shape index (κ2) is 12.6. The smallest absolute Gasteiger partial charge is 0.357 e. The van der Waals surface area contributed by atoms with E-state index in [1.807, 2.05) is 36.6 Å². The van der Waals surface area contributed by atoms with Crippen LogP contribution in [-0.4, -0.2) is 42.5 Å². The van der Waals surface area contributed by atoms with Crippen LogP contribution in [0.3, 0.4) is 0 Å². The number of benzene rings is 2. The summed E-state index contributed by atoms with van der Waals surface area (Å²) in [5.74, 6) is -0.835. The number of carbonyl (C=O) groups is 3. The molecule has 10 heteroatoms. The van der Waals surface area contributed by atoms with E-state index in [1.54, 1.807) is 29.5 Å². The third-order valence-corrected chi connectivity index (χ3v) is 9.24. The number of pyridine rings is 1. The van der Waals surface area contributed by atoms with Crippen LogP contribution in [0.5, 0.6) is 5.75 Å². The molecule has 1 saturated carbocycles. The number of nitrogens with zero attached hydrogens (tertiary/aromatic N) is 1. The minimum atomic E-state index is -0.716. The lowest BCUT2D eigenvalue weighted by atomic mass is 9.93. The fourth-order valence-electron chi connectivity index (χ4n) is 5.89. The number of hydrogen-bond donors (Lipinski definition) is 3. The third kappa shape index (κ3) is 5.82. The molecule has 1 aliphatic heterocycles. The van der Waals surface area contributed by atoms with Gasteiger partial charge in [-0.1, -0.05) is 25.0 Å². The lowest BCUT2D eigenvalue weighted by Crippen LogP contribution is -2.33. The van der Waals surface area contributed by atoms with Crippen LogP contribution in [0.25, 0.3) is 21.6 Å². The van der Waals surface area contributed by atoms with Crippen LogP contribution in [0.2, 0.25) is 0 Å². The molecule has 2 aromatic carbocycles. The number of nitrogens with one attached hydrogen (secondary N) is 2. The van der Waals surface area contributed by atoms with Crippen LogP contribution in [0, 0.1) is 6.92 Å². The van der Waals surface area contributed by atoms with E-state index >= 15 is 0 Å². The van der Waals surface area contributed by atoms with Gasteiger partial charge in [-0.25, -0.2) is 9.78 Å². The number of ether oxygens (including phenoxy) is 2. The molecule has 2 amide bonds. The first-order chi connectivity index (χ1) is 21.4. The molecule has 3 heterocycles. The van der Waals surface area contributed by atoms with Crippen LogP contribution in [0.4, 0.5) is 5.69 Å². The number of esters is 1. The number of hydrogen-bond acceptors (Lipinski definition) is 8. The van der Waals surface area contributed by atoms with Gasteiger partial charge >= 0.3 is 5.97 Å². The number of carbonyl (C=O) groups excluding carboxylic acids is 3. The maximum Gasteiger partial charge on any atom is 0.357 e. The number of amides is 2. The predicted octanol–water partition coefficient (Wildman–Crippen LogP) is 5.89. The Kier molecular flexibility index (Phi) is 8.45. The number of aryl methyl sites for hydroxylation is 1. The number of thiophene rings is 1. The summed E-state index contributed by atoms with van der Waals surface area (Å²) in [4.78, 5) is 45.8. The van der Waals surface area contributed by atoms with E-state index in [0.29, 0.717) is 41.3 Å². The first-order valence-corrected chi connectivity index (χ1v) is 15.6. The number of aromatic nitrogens is 1. The van der Waals surface area contributed by atoms with Crippen molar-refractivity contribution in [3.05, 3.63) is 87.6 Å². The van der Waals surface area contributed by atoms with Gasteiger partial charge in [0.2, 0.25) is 0 Å². The van der Waals surface area contributed by atoms with Crippen LogP contribution in [0.1, 0.15) is 73.7 Å². The summed E-state index contributed by atoms with van der Waals surface area (Å²) in [5.41, 5.74) is 11.4. The van der Waals surface area contributed by atoms with E-state index in [0.717, 1.165) is 59.2 Å². The van der Waals surface area contributed by atoms with Crippen molar-refractivity contribution < 1.29 is 23.9 Å². The highest BCUT2D eigenvalue weighted by Crippen LogP contribution is 2.43. The van der Waals surface area contributed by atoms with Crippen LogP contribution < -0.4 is 21.1 Å². The molecule has 1 fully saturated rings. The predicted molar refractivity (Wildman–Crippen MR) is 170 cm³/mol. The topological polar surface area (TPSA) is 133 Å². The van der Waals surface area contributed by atoms with E-state index in [4.69, 9.17) is 15.2 Å². The van der Waals surface area contributed by atoms with Crippen molar-refractivity contribution in [2.24, 2.45) is 5.73 Å². The highest BCUT2D eigenvalue weighted by molar-refractivity contribution is 7.13. The van der Waals surface area contributed by atoms with Crippen molar-refractivity contribution in [2.45, 2.75) is 51.6 Å². The maximum atomic E-state index is 14.1. The van der Waals surface area contributed by atoms with E-state index in [2.05, 4.69) is 21.7 Å². The first kappa shape index (κ1) is 29.5. The molecular formula is C34H34N4O5S. The van der Waals surface area contributed by atoms with Crippen molar-refractivity contribution in [1.29, 1.82) is 0 Å². The molecule has 0 spiro atoms. The van der Waals surface area contributed by atoms with Crippen molar-refractivity contribution in [2.75, 3.05) is 19.0 Å². The summed E-state index contributed by atoms with van der Waals surface area (Å²) in [5, 5.41) is 8.09. The molecule has 6 rings (SSSR count). The van der Waals surface area contributed by atoms with E-state index in [1.165, 1.54) is 7.11 Å². The lowest BCUT2D eigenvalue weighted by molar-refractivity contribution is 0.0594. The molecule has 226 valence electrons. The highest BCUT2D eigenvalue weighted by atomic mass is 32.1. The molecule has 44 heavy (non-hydrogen) atoms. The van der Waals surface area contributed by atoms with Crippen LogP contribution in [-0.2, 0) is 17.7 Å². The minimum absolute atomic E-state index is 0.0607. The zero-order valence-corrected chi connectivity index (χ0v) is 25.5. The maximum absolute atomic E-state index is 14.1. The van der Waals surface area contributed by atoms with Gasteiger partial charge in [-0.05, 0) is 78.2 Å². The van der Waals surface area contributed by atoms with Gasteiger partial charge in [0.15, 0.2) is 5.69 Å². The second-order valence-electron chi connectivity index (χ2n) is 11.1. The summed E-state index contributed by atoms with van der Waals surface area (Å²) >= 11 is 1.59. The average Bonchev–Trinajstić information content (AvgIpc) is 3.70. The SMILES string of the molecule is COC(=O)c1nc(C(=O)NC2CCCC2)ccc1-c1cc2c(cc1C(=O)Nc1ccc(CN)cc1C)-c1sccc1CCO2. The molecule has 1 aliphatic carbocycles. The molecule has 2 aliphatic rings. The Hall–Kier alpha value is -4.54. The summed E-state index contributed by atoms with van der Waals surface area (Å²) < 4.78 is 11.3. The molecule has 0 unspecified atom stereocenters. The molecule has 2 aromatic heterocycles. The minimum Gasteiger partial charge on any atom is -0.493 e. The Morgan fingerprint density at radius 1 is 1.02 bits per heavy atom. The van der Waals surface area contributed by atoms with Gasteiger partial charge in [0.05, 0.1) is 13.7 Å². The average molecular weight is 611 g/mol. The van der Waals surface area contributed by atoms with Gasteiger partial charge in [0.1, 0.15) is 11.4 Å². The standard InChI is InChI=1S/C34H34N4O5S/c1-19-15-20(18-35)7-9-27(19)38-32(39)25-16-26-29(43-13-11-21-12-14-44-31(21)26)17-24(25)23-8-10-28(37-30(23)34(41)42-2)33(40)36-22-5-3-4-6-22/h7-10,12,14-17,22H,3-6,11,13,18,35H2,1-2H3,(H,36,40)(H,38,39). The molecule has 0 saturated heterocycles. The van der Waals surface area contributed by atoms with E-state index in [-0.39, 0.29) is 29.2 Å². The van der Waals surface area contributed by atoms with Gasteiger partial charge in [-0.2, -0.15) is 0 Å². The number of anilines is 1. The van der Waals surface area contributed by atoms with Gasteiger partial charge in [0.25, 0.3) is 11.8 Å². The Balaban J connectivity index is 1.47. The molecule has 0 bridgehead atoms. The zero-order chi connectivity index (χ0) is 30.8. The second-order valence-corrected chi connectivity index (χ2v) is 12.0. The summed E-state index contributed by atoms with van der Waals surface area (Å²) in [6.45, 7) is 2.77. The summed E-state index contributed by atoms with van der Waals surface area (Å²) in [6.07, 6.45) is 4.71. The molecule has 0 radical (unpaired) electrons. The van der Waals surface area contributed by atoms with E-state index < -0.39 is 5.97 Å². The number of rotatable bonds is 7. The summed E-state index contributed by atoms with van der Waals surface area (Å²) in [7, 11) is 1.26. The molecular weight excluding hydrogens is 576 g/mol. The molecule has 0 atom stereocenters. The fraction of sp³-hybridized carbons (Fsp3) is 0.294. The number of fused-ring (bicyclic) bond motifs is 3. The Labute approximate surface area is 259 Å². The van der Waals surface area contributed by atoms with Crippen molar-refractivity contribution in [3.63, 3.8) is 0 Å². The highest BCUT2D eigenvalue weighted by Gasteiger charge is 2.28. The van der Waals surface area contributed by atoms with Gasteiger partial charge in [-0.15, -0.1) is 11.3 Å². The van der Waals surface area contributed by atoms with Gasteiger partial charge in [-0.3, -0.25) is 9.59 Å². The first-order valence-electron chi connectivity index (χ1n) is 14.8. The molecule has 4 N–H and O–H groups in total. The van der Waals surface area contributed by atoms with Crippen molar-refractivity contribution in [1.82, 2.24) is 10.3 Å². The largest absolute Gasteiger partial charge is 0.493 e. The van der Waals surface area contributed by atoms with Crippen molar-refractivity contribution >= 4 is 34.8 Å². The summed E-state index contributed by atoms with van der Waals surface area (Å²) in [6, 6.07) is 14.6. The third-order valence-electron chi connectivity index (χ3n) is 8.25. The quantitative estimate of drug-likeness (QED) is 0.222. The normalized spacial score (nSPS) is 14.2. The lowest BCUT2D eigenvalue weighted by Gasteiger charge is -2.18. The monoisotopic (exact) mass is 610 g/mol. The van der Waals surface area contributed by atoms with Gasteiger partial charge < -0.3 is 25.8 Å². The van der Waals surface area contributed by atoms with Crippen LogP contribution in [0.15, 0.2) is 53.9 Å². The van der Waals surface area contributed by atoms with Crippen LogP contribution >= 0.6 is 11.3 Å². The number of nitrogens with two attached hydrogens (primary N) is 1. The number of methoxy groups -OCH3 is 1. The Bertz CT molecular complexity index is 1760. The zero-order valence-electron chi connectivity index (χ0n) is 24.7. The van der Waals surface area contributed by atoms with Gasteiger partial charge in [0, 0.05) is 51.8 Å². The molecule has 9 nitrogen and oxygen atoms in total. The molecule has 4 aromatic rings. The Morgan fingerprint density at radius 3 is 2.59 bits per heavy atom. The van der Waals surface area contributed by atoms with E-state index in [9.17, 15) is 14.4 Å². The Morgan fingerprint density at radius 2 is 1.84 bits per heavy atom.